The number of alkyl halides is 1. The van der Waals surface area contributed by atoms with Gasteiger partial charge in [0.1, 0.15) is 6.17 Å². The number of nitrogens with zero attached hydrogens (tertiary/aromatic N) is 1. The monoisotopic (exact) mass is 159 g/mol. The van der Waals surface area contributed by atoms with Gasteiger partial charge in [-0.15, -0.1) is 0 Å². The molecule has 1 aliphatic heterocycles. The summed E-state index contributed by atoms with van der Waals surface area (Å²) < 4.78 is 12.5. The van der Waals surface area contributed by atoms with Crippen molar-refractivity contribution in [2.75, 3.05) is 20.1 Å². The SMILES string of the molecule is CC.CN1CC=CC(F)CC1. The maximum Gasteiger partial charge on any atom is 0.120 e. The maximum atomic E-state index is 12.5. The van der Waals surface area contributed by atoms with E-state index in [2.05, 4.69) is 4.90 Å². The number of halogens is 1. The molecule has 0 spiro atoms. The molecule has 0 aromatic heterocycles. The molecule has 0 aromatic rings. The van der Waals surface area contributed by atoms with Gasteiger partial charge in [0.2, 0.25) is 0 Å². The first-order valence-corrected chi connectivity index (χ1v) is 4.28. The van der Waals surface area contributed by atoms with E-state index in [1.54, 1.807) is 6.08 Å². The Morgan fingerprint density at radius 1 is 1.45 bits per heavy atom. The lowest BCUT2D eigenvalue weighted by Crippen LogP contribution is -2.19. The fourth-order valence-electron chi connectivity index (χ4n) is 0.920. The van der Waals surface area contributed by atoms with Crippen molar-refractivity contribution in [3.05, 3.63) is 12.2 Å². The predicted molar refractivity (Wildman–Crippen MR) is 47.5 cm³/mol. The summed E-state index contributed by atoms with van der Waals surface area (Å²) in [4.78, 5) is 2.11. The molecule has 66 valence electrons. The lowest BCUT2D eigenvalue weighted by atomic mass is 10.3. The van der Waals surface area contributed by atoms with Gasteiger partial charge < -0.3 is 4.90 Å². The first-order chi connectivity index (χ1) is 5.29. The summed E-state index contributed by atoms with van der Waals surface area (Å²) in [6.07, 6.45) is 3.46. The van der Waals surface area contributed by atoms with E-state index in [0.29, 0.717) is 6.42 Å². The molecule has 1 unspecified atom stereocenters. The molecule has 11 heavy (non-hydrogen) atoms. The van der Waals surface area contributed by atoms with Crippen LogP contribution in [-0.4, -0.2) is 31.2 Å². The number of hydrogen-bond acceptors (Lipinski definition) is 1. The molecule has 0 saturated carbocycles. The van der Waals surface area contributed by atoms with Crippen molar-refractivity contribution in [1.29, 1.82) is 0 Å². The largest absolute Gasteiger partial charge is 0.303 e. The molecule has 0 radical (unpaired) electrons. The zero-order valence-electron chi connectivity index (χ0n) is 7.68. The Kier molecular flexibility index (Phi) is 6.13. The molecule has 0 amide bonds. The Balaban J connectivity index is 0.000000461. The molecule has 1 nitrogen and oxygen atoms in total. The van der Waals surface area contributed by atoms with Crippen LogP contribution in [0.3, 0.4) is 0 Å². The molecule has 1 heterocycles. The number of rotatable bonds is 0. The molecule has 0 N–H and O–H groups in total. The first kappa shape index (κ1) is 10.6. The second-order valence-corrected chi connectivity index (χ2v) is 2.50. The lowest BCUT2D eigenvalue weighted by Gasteiger charge is -2.10. The van der Waals surface area contributed by atoms with Crippen molar-refractivity contribution in [3.8, 4) is 0 Å². The van der Waals surface area contributed by atoms with Crippen molar-refractivity contribution in [3.63, 3.8) is 0 Å². The van der Waals surface area contributed by atoms with E-state index < -0.39 is 6.17 Å². The van der Waals surface area contributed by atoms with Gasteiger partial charge in [0.05, 0.1) is 0 Å². The highest BCUT2D eigenvalue weighted by molar-refractivity contribution is 4.93. The topological polar surface area (TPSA) is 3.24 Å². The highest BCUT2D eigenvalue weighted by Crippen LogP contribution is 2.04. The highest BCUT2D eigenvalue weighted by atomic mass is 19.1. The lowest BCUT2D eigenvalue weighted by molar-refractivity contribution is 0.312. The van der Waals surface area contributed by atoms with E-state index in [-0.39, 0.29) is 0 Å². The van der Waals surface area contributed by atoms with Gasteiger partial charge in [0, 0.05) is 13.1 Å². The molecule has 0 saturated heterocycles. The van der Waals surface area contributed by atoms with E-state index >= 15 is 0 Å². The summed E-state index contributed by atoms with van der Waals surface area (Å²) in [5, 5.41) is 0. The number of likely N-dealkylation sites (N-methyl/N-ethyl adjacent to an activating group) is 1. The fraction of sp³-hybridized carbons (Fsp3) is 0.778. The first-order valence-electron chi connectivity index (χ1n) is 4.28. The third-order valence-electron chi connectivity index (χ3n) is 1.55. The molecule has 1 rings (SSSR count). The van der Waals surface area contributed by atoms with Crippen LogP contribution in [0, 0.1) is 0 Å². The third kappa shape index (κ3) is 4.96. The van der Waals surface area contributed by atoms with Crippen molar-refractivity contribution in [2.45, 2.75) is 26.4 Å². The Hall–Kier alpha value is -0.370. The summed E-state index contributed by atoms with van der Waals surface area (Å²) in [6, 6.07) is 0. The van der Waals surface area contributed by atoms with E-state index in [4.69, 9.17) is 0 Å². The van der Waals surface area contributed by atoms with Gasteiger partial charge in [0.25, 0.3) is 0 Å². The molecule has 0 bridgehead atoms. The van der Waals surface area contributed by atoms with Crippen LogP contribution in [0.1, 0.15) is 20.3 Å². The van der Waals surface area contributed by atoms with Crippen molar-refractivity contribution in [1.82, 2.24) is 4.90 Å². The summed E-state index contributed by atoms with van der Waals surface area (Å²) in [5.74, 6) is 0. The summed E-state index contributed by atoms with van der Waals surface area (Å²) in [7, 11) is 2.00. The average Bonchev–Trinajstić information content (AvgIpc) is 2.20. The van der Waals surface area contributed by atoms with Crippen molar-refractivity contribution < 1.29 is 4.39 Å². The summed E-state index contributed by atoms with van der Waals surface area (Å²) >= 11 is 0. The Labute approximate surface area is 68.9 Å². The molecule has 0 fully saturated rings. The number of hydrogen-bond donors (Lipinski definition) is 0. The van der Waals surface area contributed by atoms with Gasteiger partial charge >= 0.3 is 0 Å². The van der Waals surface area contributed by atoms with Crippen molar-refractivity contribution >= 4 is 0 Å². The maximum absolute atomic E-state index is 12.5. The van der Waals surface area contributed by atoms with Crippen LogP contribution in [0.5, 0.6) is 0 Å². The van der Waals surface area contributed by atoms with Gasteiger partial charge in [-0.1, -0.05) is 26.0 Å². The number of allylic oxidation sites excluding steroid dienone is 1. The minimum Gasteiger partial charge on any atom is -0.303 e. The smallest absolute Gasteiger partial charge is 0.120 e. The van der Waals surface area contributed by atoms with Gasteiger partial charge in [-0.25, -0.2) is 4.39 Å². The van der Waals surface area contributed by atoms with Gasteiger partial charge in [-0.2, -0.15) is 0 Å². The van der Waals surface area contributed by atoms with Gasteiger partial charge in [0.15, 0.2) is 0 Å². The van der Waals surface area contributed by atoms with E-state index in [0.717, 1.165) is 13.1 Å². The third-order valence-corrected chi connectivity index (χ3v) is 1.55. The second-order valence-electron chi connectivity index (χ2n) is 2.50. The van der Waals surface area contributed by atoms with Crippen LogP contribution >= 0.6 is 0 Å². The van der Waals surface area contributed by atoms with Crippen LogP contribution in [0.25, 0.3) is 0 Å². The van der Waals surface area contributed by atoms with Crippen LogP contribution in [0.15, 0.2) is 12.2 Å². The van der Waals surface area contributed by atoms with Crippen LogP contribution in [0.2, 0.25) is 0 Å². The second kappa shape index (κ2) is 6.35. The Morgan fingerprint density at radius 3 is 2.73 bits per heavy atom. The zero-order chi connectivity index (χ0) is 8.69. The Bertz CT molecular complexity index is 112. The highest BCUT2D eigenvalue weighted by Gasteiger charge is 2.06. The predicted octanol–water partition coefficient (Wildman–Crippen LogP) is 2.24. The van der Waals surface area contributed by atoms with Gasteiger partial charge in [-0.3, -0.25) is 0 Å². The normalized spacial score (nSPS) is 25.3. The molecule has 1 aliphatic rings. The summed E-state index contributed by atoms with van der Waals surface area (Å²) in [5.41, 5.74) is 0. The Morgan fingerprint density at radius 2 is 2.09 bits per heavy atom. The van der Waals surface area contributed by atoms with Crippen molar-refractivity contribution in [2.24, 2.45) is 0 Å². The minimum atomic E-state index is -0.713. The average molecular weight is 159 g/mol. The van der Waals surface area contributed by atoms with E-state index in [1.807, 2.05) is 27.0 Å². The van der Waals surface area contributed by atoms with E-state index in [1.165, 1.54) is 0 Å². The van der Waals surface area contributed by atoms with Crippen LogP contribution in [-0.2, 0) is 0 Å². The molecular weight excluding hydrogens is 141 g/mol. The summed E-state index contributed by atoms with van der Waals surface area (Å²) in [6.45, 7) is 5.76. The zero-order valence-corrected chi connectivity index (χ0v) is 7.68. The van der Waals surface area contributed by atoms with Crippen LogP contribution in [0.4, 0.5) is 4.39 Å². The molecular formula is C9H18FN. The molecule has 0 aliphatic carbocycles. The molecule has 2 heteroatoms. The van der Waals surface area contributed by atoms with E-state index in [9.17, 15) is 4.39 Å². The standard InChI is InChI=1S/C7H12FN.C2H6/c1-9-5-2-3-7(8)4-6-9;1-2/h2-3,7H,4-6H2,1H3;1-2H3. The molecule has 1 atom stereocenters. The fourth-order valence-corrected chi connectivity index (χ4v) is 0.920. The van der Waals surface area contributed by atoms with Crippen LogP contribution < -0.4 is 0 Å². The quantitative estimate of drug-likeness (QED) is 0.490. The van der Waals surface area contributed by atoms with Gasteiger partial charge in [-0.05, 0) is 13.5 Å². The molecule has 0 aromatic carbocycles. The minimum absolute atomic E-state index is 0.646.